The van der Waals surface area contributed by atoms with E-state index < -0.39 is 0 Å². The van der Waals surface area contributed by atoms with Crippen LogP contribution >= 0.6 is 0 Å². The monoisotopic (exact) mass is 289 g/mol. The first-order valence-electron chi connectivity index (χ1n) is 7.40. The third-order valence-electron chi connectivity index (χ3n) is 3.95. The van der Waals surface area contributed by atoms with Gasteiger partial charge in [-0.3, -0.25) is 4.90 Å². The van der Waals surface area contributed by atoms with Gasteiger partial charge in [-0.25, -0.2) is 0 Å². The van der Waals surface area contributed by atoms with Crippen molar-refractivity contribution >= 4 is 0 Å². The highest BCUT2D eigenvalue weighted by molar-refractivity contribution is 5.45. The molecular weight excluding hydrogens is 266 g/mol. The van der Waals surface area contributed by atoms with Crippen molar-refractivity contribution in [2.24, 2.45) is 0 Å². The van der Waals surface area contributed by atoms with Gasteiger partial charge in [-0.2, -0.15) is 0 Å². The molecule has 1 unspecified atom stereocenters. The second-order valence-corrected chi connectivity index (χ2v) is 5.29. The van der Waals surface area contributed by atoms with E-state index in [1.807, 2.05) is 18.2 Å². The molecule has 1 fully saturated rings. The van der Waals surface area contributed by atoms with Crippen molar-refractivity contribution in [3.8, 4) is 17.6 Å². The number of rotatable bonds is 4. The molecule has 0 bridgehead atoms. The number of nitrogens with zero attached hydrogens (tertiary/aromatic N) is 1. The minimum atomic E-state index is -0.144. The second-order valence-electron chi connectivity index (χ2n) is 5.29. The summed E-state index contributed by atoms with van der Waals surface area (Å²) in [5, 5.41) is 18.4. The molecule has 4 heteroatoms. The highest BCUT2D eigenvalue weighted by Gasteiger charge is 2.22. The van der Waals surface area contributed by atoms with Crippen LogP contribution in [0, 0.1) is 11.8 Å². The third kappa shape index (κ3) is 4.21. The van der Waals surface area contributed by atoms with Gasteiger partial charge in [0.1, 0.15) is 12.4 Å². The summed E-state index contributed by atoms with van der Waals surface area (Å²) < 4.78 is 5.29. The van der Waals surface area contributed by atoms with Gasteiger partial charge in [0, 0.05) is 18.2 Å². The van der Waals surface area contributed by atoms with Gasteiger partial charge in [0.2, 0.25) is 0 Å². The average Bonchev–Trinajstić information content (AvgIpc) is 2.54. The van der Waals surface area contributed by atoms with E-state index >= 15 is 0 Å². The van der Waals surface area contributed by atoms with Gasteiger partial charge in [0.15, 0.2) is 0 Å². The van der Waals surface area contributed by atoms with Crippen molar-refractivity contribution < 1.29 is 14.9 Å². The van der Waals surface area contributed by atoms with Crippen molar-refractivity contribution in [1.29, 1.82) is 0 Å². The Labute approximate surface area is 126 Å². The fourth-order valence-electron chi connectivity index (χ4n) is 2.78. The zero-order valence-electron chi connectivity index (χ0n) is 12.5. The van der Waals surface area contributed by atoms with Crippen LogP contribution in [0.4, 0.5) is 0 Å². The number of benzene rings is 1. The Morgan fingerprint density at radius 2 is 2.19 bits per heavy atom. The van der Waals surface area contributed by atoms with Gasteiger partial charge in [-0.15, -0.1) is 0 Å². The van der Waals surface area contributed by atoms with Crippen molar-refractivity contribution in [2.75, 3.05) is 26.9 Å². The lowest BCUT2D eigenvalue weighted by Crippen LogP contribution is -2.41. The fourth-order valence-corrected chi connectivity index (χ4v) is 2.78. The van der Waals surface area contributed by atoms with Gasteiger partial charge < -0.3 is 14.9 Å². The molecule has 114 valence electrons. The Kier molecular flexibility index (Phi) is 6.06. The first-order valence-corrected chi connectivity index (χ1v) is 7.40. The van der Waals surface area contributed by atoms with Gasteiger partial charge in [0.05, 0.1) is 13.7 Å². The van der Waals surface area contributed by atoms with E-state index in [0.717, 1.165) is 42.8 Å². The van der Waals surface area contributed by atoms with Crippen molar-refractivity contribution in [1.82, 2.24) is 4.90 Å². The van der Waals surface area contributed by atoms with E-state index in [-0.39, 0.29) is 19.3 Å². The third-order valence-corrected chi connectivity index (χ3v) is 3.95. The number of aliphatic hydroxyl groups is 2. The minimum absolute atomic E-state index is 0.144. The molecule has 1 aliphatic rings. The van der Waals surface area contributed by atoms with E-state index in [1.54, 1.807) is 7.11 Å². The van der Waals surface area contributed by atoms with Crippen molar-refractivity contribution in [3.63, 3.8) is 0 Å². The molecule has 0 saturated carbocycles. The molecule has 0 aliphatic carbocycles. The van der Waals surface area contributed by atoms with Gasteiger partial charge >= 0.3 is 0 Å². The maximum Gasteiger partial charge on any atom is 0.119 e. The second kappa shape index (κ2) is 8.04. The number of methoxy groups -OCH3 is 1. The molecule has 4 nitrogen and oxygen atoms in total. The van der Waals surface area contributed by atoms with E-state index in [9.17, 15) is 5.11 Å². The first kappa shape index (κ1) is 15.8. The highest BCUT2D eigenvalue weighted by Crippen LogP contribution is 2.23. The Balaban J connectivity index is 2.23. The van der Waals surface area contributed by atoms with Crippen LogP contribution in [0.25, 0.3) is 0 Å². The summed E-state index contributed by atoms with van der Waals surface area (Å²) in [7, 11) is 1.65. The van der Waals surface area contributed by atoms with Crippen LogP contribution in [-0.4, -0.2) is 48.0 Å². The first-order chi connectivity index (χ1) is 10.3. The number of likely N-dealkylation sites (tertiary alicyclic amines) is 1. The van der Waals surface area contributed by atoms with E-state index in [4.69, 9.17) is 9.84 Å². The molecule has 1 aromatic rings. The van der Waals surface area contributed by atoms with Crippen LogP contribution in [0.3, 0.4) is 0 Å². The van der Waals surface area contributed by atoms with E-state index in [0.29, 0.717) is 0 Å². The van der Waals surface area contributed by atoms with Crippen molar-refractivity contribution in [3.05, 3.63) is 29.3 Å². The molecule has 0 spiro atoms. The van der Waals surface area contributed by atoms with Gasteiger partial charge in [-0.1, -0.05) is 18.3 Å². The van der Waals surface area contributed by atoms with Crippen LogP contribution in [0.15, 0.2) is 18.2 Å². The van der Waals surface area contributed by atoms with E-state index in [2.05, 4.69) is 16.7 Å². The van der Waals surface area contributed by atoms with Crippen LogP contribution < -0.4 is 4.74 Å². The Morgan fingerprint density at radius 3 is 2.90 bits per heavy atom. The summed E-state index contributed by atoms with van der Waals surface area (Å²) in [5.74, 6) is 6.50. The molecule has 1 heterocycles. The standard InChI is InChI=1S/C17H23NO3/c1-21-17-8-7-14(5-4-10-19)15(11-17)12-18-9-3-2-6-16(18)13-20/h7-8,11,16,19-20H,2-3,6,9-10,12-13H2,1H3. The molecule has 1 atom stereocenters. The Hall–Kier alpha value is -1.54. The molecule has 2 rings (SSSR count). The summed E-state index contributed by atoms with van der Waals surface area (Å²) in [6.07, 6.45) is 3.38. The predicted octanol–water partition coefficient (Wildman–Crippen LogP) is 1.39. The number of hydrogen-bond donors (Lipinski definition) is 2. The number of aliphatic hydroxyl groups excluding tert-OH is 2. The number of ether oxygens (including phenoxy) is 1. The lowest BCUT2D eigenvalue weighted by Gasteiger charge is -2.34. The summed E-state index contributed by atoms with van der Waals surface area (Å²) in [4.78, 5) is 2.31. The molecule has 21 heavy (non-hydrogen) atoms. The lowest BCUT2D eigenvalue weighted by molar-refractivity contribution is 0.0840. The van der Waals surface area contributed by atoms with Crippen LogP contribution in [0.5, 0.6) is 5.75 Å². The molecular formula is C17H23NO3. The molecule has 0 amide bonds. The fraction of sp³-hybridized carbons (Fsp3) is 0.529. The summed E-state index contributed by atoms with van der Waals surface area (Å²) in [5.41, 5.74) is 1.99. The summed E-state index contributed by atoms with van der Waals surface area (Å²) in [6.45, 7) is 1.79. The van der Waals surface area contributed by atoms with Crippen LogP contribution in [-0.2, 0) is 6.54 Å². The number of piperidine rings is 1. The lowest BCUT2D eigenvalue weighted by atomic mass is 10.00. The molecule has 2 N–H and O–H groups in total. The Bertz CT molecular complexity index is 519. The quantitative estimate of drug-likeness (QED) is 0.822. The maximum atomic E-state index is 9.52. The largest absolute Gasteiger partial charge is 0.497 e. The minimum Gasteiger partial charge on any atom is -0.497 e. The normalized spacial score (nSPS) is 18.9. The molecule has 0 aromatic heterocycles. The van der Waals surface area contributed by atoms with Gasteiger partial charge in [-0.05, 0) is 43.1 Å². The van der Waals surface area contributed by atoms with Crippen LogP contribution in [0.2, 0.25) is 0 Å². The zero-order valence-corrected chi connectivity index (χ0v) is 12.5. The van der Waals surface area contributed by atoms with Crippen LogP contribution in [0.1, 0.15) is 30.4 Å². The zero-order chi connectivity index (χ0) is 15.1. The smallest absolute Gasteiger partial charge is 0.119 e. The molecule has 1 aromatic carbocycles. The molecule has 0 radical (unpaired) electrons. The SMILES string of the molecule is COc1ccc(C#CCO)c(CN2CCCCC2CO)c1. The van der Waals surface area contributed by atoms with E-state index in [1.165, 1.54) is 6.42 Å². The molecule has 1 aliphatic heterocycles. The number of hydrogen-bond acceptors (Lipinski definition) is 4. The molecule has 1 saturated heterocycles. The average molecular weight is 289 g/mol. The topological polar surface area (TPSA) is 52.9 Å². The summed E-state index contributed by atoms with van der Waals surface area (Å²) >= 11 is 0. The highest BCUT2D eigenvalue weighted by atomic mass is 16.5. The Morgan fingerprint density at radius 1 is 1.33 bits per heavy atom. The van der Waals surface area contributed by atoms with Gasteiger partial charge in [0.25, 0.3) is 0 Å². The predicted molar refractivity (Wildman–Crippen MR) is 82.1 cm³/mol. The maximum absolute atomic E-state index is 9.52. The summed E-state index contributed by atoms with van der Waals surface area (Å²) in [6, 6.07) is 6.02. The van der Waals surface area contributed by atoms with Crippen molar-refractivity contribution in [2.45, 2.75) is 31.8 Å².